The number of phenolic OH excluding ortho intramolecular Hbond substituents is 1. The highest BCUT2D eigenvalue weighted by molar-refractivity contribution is 6.37. The lowest BCUT2D eigenvalue weighted by molar-refractivity contribution is -0.0554. The van der Waals surface area contributed by atoms with Crippen molar-refractivity contribution in [3.05, 3.63) is 92.9 Å². The average Bonchev–Trinajstić information content (AvgIpc) is 3.11. The van der Waals surface area contributed by atoms with Crippen molar-refractivity contribution in [2.24, 2.45) is 0 Å². The van der Waals surface area contributed by atoms with Gasteiger partial charge in [0.05, 0.1) is 29.0 Å². The molecule has 3 heterocycles. The maximum atomic E-state index is 13.4. The number of hydrogen-bond donors (Lipinski definition) is 1. The monoisotopic (exact) mass is 745 g/mol. The first-order chi connectivity index (χ1) is 24.1. The molecule has 0 aliphatic carbocycles. The van der Waals surface area contributed by atoms with Crippen LogP contribution < -0.4 is 14.4 Å². The van der Waals surface area contributed by atoms with Gasteiger partial charge in [0.1, 0.15) is 11.4 Å². The Morgan fingerprint density at radius 2 is 1.40 bits per heavy atom. The number of halogens is 5. The van der Waals surface area contributed by atoms with Crippen molar-refractivity contribution in [3.8, 4) is 28.6 Å². The summed E-state index contributed by atoms with van der Waals surface area (Å²) in [5.41, 5.74) is 4.33. The Kier molecular flexibility index (Phi) is 12.2. The molecule has 6 rings (SSSR count). The third kappa shape index (κ3) is 9.88. The minimum atomic E-state index is -2.51. The van der Waals surface area contributed by atoms with Gasteiger partial charge in [-0.3, -0.25) is 4.90 Å². The Bertz CT molecular complexity index is 1690. The molecule has 3 aromatic carbocycles. The number of aromatic hydroxyl groups is 1. The molecule has 0 radical (unpaired) electrons. The van der Waals surface area contributed by atoms with Crippen LogP contribution in [-0.2, 0) is 13.0 Å². The maximum Gasteiger partial charge on any atom is 0.257 e. The molecular weight excluding hydrogens is 707 g/mol. The number of piperazine rings is 1. The number of rotatable bonds is 13. The van der Waals surface area contributed by atoms with Gasteiger partial charge < -0.3 is 24.4 Å². The van der Waals surface area contributed by atoms with E-state index in [1.807, 2.05) is 42.5 Å². The third-order valence-corrected chi connectivity index (χ3v) is 9.94. The fourth-order valence-corrected chi connectivity index (χ4v) is 6.76. The summed E-state index contributed by atoms with van der Waals surface area (Å²) in [5.74, 6) is -1.43. The van der Waals surface area contributed by atoms with Gasteiger partial charge in [-0.05, 0) is 60.0 Å². The molecule has 0 bridgehead atoms. The first-order valence-corrected chi connectivity index (χ1v) is 18.0. The number of ether oxygens (including phenoxy) is 2. The molecule has 2 aliphatic rings. The predicted molar refractivity (Wildman–Crippen MR) is 194 cm³/mol. The number of phenols is 1. The standard InChI is InChI=1S/C37H40Cl3F2N5O3/c38-29-6-2-26(3-7-29)10-21-50-36-34(24-33(43-44-36)28-22-31(39)35(48)32(40)23-28)47-18-16-46(17-19-47)25-27-4-8-30(9-5-27)49-20-1-13-45-14-11-37(41,42)12-15-45/h2-9,22-24,48H,1,10-21,25H2. The van der Waals surface area contributed by atoms with Crippen molar-refractivity contribution in [1.29, 1.82) is 0 Å². The minimum Gasteiger partial charge on any atom is -0.505 e. The second-order valence-electron chi connectivity index (χ2n) is 12.7. The number of nitrogens with zero attached hydrogens (tertiary/aromatic N) is 5. The molecule has 0 atom stereocenters. The second kappa shape index (κ2) is 16.7. The predicted octanol–water partition coefficient (Wildman–Crippen LogP) is 8.25. The van der Waals surface area contributed by atoms with E-state index in [4.69, 9.17) is 44.3 Å². The van der Waals surface area contributed by atoms with Gasteiger partial charge in [0.2, 0.25) is 0 Å². The third-order valence-electron chi connectivity index (χ3n) is 9.11. The summed E-state index contributed by atoms with van der Waals surface area (Å²) in [4.78, 5) is 6.75. The van der Waals surface area contributed by atoms with Gasteiger partial charge >= 0.3 is 0 Å². The summed E-state index contributed by atoms with van der Waals surface area (Å²) in [7, 11) is 0. The van der Waals surface area contributed by atoms with E-state index in [1.165, 1.54) is 5.56 Å². The first-order valence-electron chi connectivity index (χ1n) is 16.8. The van der Waals surface area contributed by atoms with Gasteiger partial charge in [-0.2, -0.15) is 0 Å². The summed E-state index contributed by atoms with van der Waals surface area (Å²) in [6, 6.07) is 21.0. The molecule has 8 nitrogen and oxygen atoms in total. The Hall–Kier alpha value is -3.41. The van der Waals surface area contributed by atoms with E-state index < -0.39 is 5.92 Å². The van der Waals surface area contributed by atoms with E-state index in [9.17, 15) is 13.9 Å². The zero-order valence-corrected chi connectivity index (χ0v) is 29.9. The molecule has 2 aliphatic heterocycles. The highest BCUT2D eigenvalue weighted by Crippen LogP contribution is 2.38. The van der Waals surface area contributed by atoms with Crippen LogP contribution in [0.25, 0.3) is 11.3 Å². The fourth-order valence-electron chi connectivity index (χ4n) is 6.15. The van der Waals surface area contributed by atoms with Crippen LogP contribution in [0.2, 0.25) is 15.1 Å². The second-order valence-corrected chi connectivity index (χ2v) is 14.0. The molecule has 13 heteroatoms. The largest absolute Gasteiger partial charge is 0.505 e. The molecule has 266 valence electrons. The number of anilines is 1. The fraction of sp³-hybridized carbons (Fsp3) is 0.405. The van der Waals surface area contributed by atoms with Crippen molar-refractivity contribution >= 4 is 40.5 Å². The van der Waals surface area contributed by atoms with Crippen LogP contribution in [0, 0.1) is 0 Å². The molecule has 0 saturated carbocycles. The van der Waals surface area contributed by atoms with Crippen LogP contribution in [0.5, 0.6) is 17.4 Å². The molecule has 2 fully saturated rings. The topological polar surface area (TPSA) is 74.2 Å². The van der Waals surface area contributed by atoms with Gasteiger partial charge in [-0.25, -0.2) is 8.78 Å². The normalized spacial score (nSPS) is 16.8. The molecule has 0 amide bonds. The van der Waals surface area contributed by atoms with E-state index in [2.05, 4.69) is 37.0 Å². The van der Waals surface area contributed by atoms with Gasteiger partial charge in [0.25, 0.3) is 11.8 Å². The Morgan fingerprint density at radius 1 is 0.740 bits per heavy atom. The van der Waals surface area contributed by atoms with Crippen LogP contribution in [0.15, 0.2) is 66.7 Å². The van der Waals surface area contributed by atoms with Gasteiger partial charge in [-0.15, -0.1) is 10.2 Å². The SMILES string of the molecule is Oc1c(Cl)cc(-c2cc(N3CCN(Cc4ccc(OCCCN5CCC(F)(F)CC5)cc4)CC3)c(OCCc3ccc(Cl)cc3)nn2)cc1Cl. The maximum absolute atomic E-state index is 13.4. The Morgan fingerprint density at radius 3 is 2.08 bits per heavy atom. The molecule has 50 heavy (non-hydrogen) atoms. The summed E-state index contributed by atoms with van der Waals surface area (Å²) in [6.07, 6.45) is 1.38. The molecule has 1 aromatic heterocycles. The molecular formula is C37H40Cl3F2N5O3. The number of hydrogen-bond acceptors (Lipinski definition) is 8. The van der Waals surface area contributed by atoms with E-state index in [1.54, 1.807) is 12.1 Å². The van der Waals surface area contributed by atoms with Crippen molar-refractivity contribution in [2.75, 3.05) is 63.9 Å². The minimum absolute atomic E-state index is 0.0556. The number of aromatic nitrogens is 2. The number of benzene rings is 3. The molecule has 4 aromatic rings. The van der Waals surface area contributed by atoms with Crippen LogP contribution in [0.1, 0.15) is 30.4 Å². The Balaban J connectivity index is 1.04. The van der Waals surface area contributed by atoms with Crippen LogP contribution >= 0.6 is 34.8 Å². The van der Waals surface area contributed by atoms with Gasteiger partial charge in [0.15, 0.2) is 5.75 Å². The molecule has 0 unspecified atom stereocenters. The zero-order chi connectivity index (χ0) is 35.1. The van der Waals surface area contributed by atoms with Crippen LogP contribution in [0.3, 0.4) is 0 Å². The Labute approximate surface area is 306 Å². The lowest BCUT2D eigenvalue weighted by atomic mass is 10.1. The molecule has 0 spiro atoms. The van der Waals surface area contributed by atoms with E-state index >= 15 is 0 Å². The van der Waals surface area contributed by atoms with Gasteiger partial charge in [-0.1, -0.05) is 59.1 Å². The number of piperidine rings is 1. The summed E-state index contributed by atoms with van der Waals surface area (Å²) in [5, 5.41) is 19.9. The summed E-state index contributed by atoms with van der Waals surface area (Å²) in [6.45, 7) is 6.62. The van der Waals surface area contributed by atoms with Crippen LogP contribution in [-0.4, -0.2) is 90.1 Å². The van der Waals surface area contributed by atoms with E-state index in [0.717, 1.165) is 62.7 Å². The quantitative estimate of drug-likeness (QED) is 0.137. The van der Waals surface area contributed by atoms with Crippen molar-refractivity contribution < 1.29 is 23.4 Å². The lowest BCUT2D eigenvalue weighted by Crippen LogP contribution is -2.46. The van der Waals surface area contributed by atoms with E-state index in [0.29, 0.717) is 54.9 Å². The first kappa shape index (κ1) is 36.4. The summed E-state index contributed by atoms with van der Waals surface area (Å²) >= 11 is 18.5. The summed E-state index contributed by atoms with van der Waals surface area (Å²) < 4.78 is 38.9. The smallest absolute Gasteiger partial charge is 0.257 e. The van der Waals surface area contributed by atoms with Crippen molar-refractivity contribution in [2.45, 2.75) is 38.2 Å². The number of alkyl halides is 2. The lowest BCUT2D eigenvalue weighted by Gasteiger charge is -2.36. The highest BCUT2D eigenvalue weighted by atomic mass is 35.5. The van der Waals surface area contributed by atoms with Crippen molar-refractivity contribution in [3.63, 3.8) is 0 Å². The molecule has 2 saturated heterocycles. The van der Waals surface area contributed by atoms with E-state index in [-0.39, 0.29) is 28.6 Å². The van der Waals surface area contributed by atoms with Crippen molar-refractivity contribution in [1.82, 2.24) is 20.0 Å². The number of likely N-dealkylation sites (tertiary alicyclic amines) is 1. The zero-order valence-electron chi connectivity index (χ0n) is 27.6. The van der Waals surface area contributed by atoms with Gasteiger partial charge in [0, 0.05) is 82.2 Å². The average molecular weight is 747 g/mol. The molecule has 1 N–H and O–H groups in total. The highest BCUT2D eigenvalue weighted by Gasteiger charge is 2.33. The van der Waals surface area contributed by atoms with Crippen LogP contribution in [0.4, 0.5) is 14.5 Å².